The Morgan fingerprint density at radius 2 is 2.00 bits per heavy atom. The van der Waals surface area contributed by atoms with E-state index in [1.54, 1.807) is 6.92 Å². The largest absolute Gasteiger partial charge is 0.480 e. The van der Waals surface area contributed by atoms with Crippen molar-refractivity contribution < 1.29 is 19.4 Å². The fourth-order valence-electron chi connectivity index (χ4n) is 0.810. The minimum atomic E-state index is -1.24. The first-order valence-corrected chi connectivity index (χ1v) is 4.35. The van der Waals surface area contributed by atoms with E-state index in [2.05, 4.69) is 5.32 Å². The fourth-order valence-corrected chi connectivity index (χ4v) is 0.810. The topological polar surface area (TPSA) is 75.6 Å². The molecule has 0 aliphatic heterocycles. The Kier molecular flexibility index (Phi) is 4.56. The molecule has 0 bridgehead atoms. The van der Waals surface area contributed by atoms with Crippen molar-refractivity contribution >= 4 is 11.9 Å². The highest BCUT2D eigenvalue weighted by Crippen LogP contribution is 2.04. The molecule has 5 heteroatoms. The quantitative estimate of drug-likeness (QED) is 0.671. The monoisotopic (exact) mass is 203 g/mol. The predicted molar refractivity (Wildman–Crippen MR) is 50.9 cm³/mol. The smallest absolute Gasteiger partial charge is 0.328 e. The van der Waals surface area contributed by atoms with Gasteiger partial charge in [-0.05, 0) is 13.8 Å². The molecule has 0 aromatic carbocycles. The van der Waals surface area contributed by atoms with Crippen LogP contribution in [0.3, 0.4) is 0 Å². The first-order valence-electron chi connectivity index (χ1n) is 4.35. The highest BCUT2D eigenvalue weighted by molar-refractivity contribution is 5.87. The zero-order valence-electron chi connectivity index (χ0n) is 8.96. The lowest BCUT2D eigenvalue weighted by atomic mass is 10.0. The lowest BCUT2D eigenvalue weighted by Gasteiger charge is -2.23. The van der Waals surface area contributed by atoms with Gasteiger partial charge in [-0.25, -0.2) is 4.79 Å². The second-order valence-corrected chi connectivity index (χ2v) is 3.78. The molecule has 82 valence electrons. The van der Waals surface area contributed by atoms with Crippen LogP contribution >= 0.6 is 0 Å². The second-order valence-electron chi connectivity index (χ2n) is 3.78. The van der Waals surface area contributed by atoms with Gasteiger partial charge >= 0.3 is 5.97 Å². The summed E-state index contributed by atoms with van der Waals surface area (Å²) in [6.45, 7) is 4.83. The number of hydrogen-bond donors (Lipinski definition) is 2. The second kappa shape index (κ2) is 4.95. The zero-order valence-corrected chi connectivity index (χ0v) is 8.96. The lowest BCUT2D eigenvalue weighted by molar-refractivity contribution is -0.146. The molecule has 5 nitrogen and oxygen atoms in total. The summed E-state index contributed by atoms with van der Waals surface area (Å²) in [6, 6.07) is 0. The third kappa shape index (κ3) is 3.74. The van der Waals surface area contributed by atoms with Crippen LogP contribution < -0.4 is 5.32 Å². The Bertz CT molecular complexity index is 225. The number of hydrogen-bond acceptors (Lipinski definition) is 3. The molecular formula is C9H17NO4. The van der Waals surface area contributed by atoms with E-state index in [4.69, 9.17) is 9.84 Å². The third-order valence-corrected chi connectivity index (χ3v) is 1.83. The van der Waals surface area contributed by atoms with E-state index in [1.807, 2.05) is 0 Å². The van der Waals surface area contributed by atoms with E-state index in [0.29, 0.717) is 0 Å². The van der Waals surface area contributed by atoms with Gasteiger partial charge in [0.2, 0.25) is 5.91 Å². The summed E-state index contributed by atoms with van der Waals surface area (Å²) in [7, 11) is 1.49. The molecule has 0 radical (unpaired) electrons. The number of carbonyl (C=O) groups excluding carboxylic acids is 1. The van der Waals surface area contributed by atoms with E-state index >= 15 is 0 Å². The zero-order chi connectivity index (χ0) is 11.4. The number of ether oxygens (including phenoxy) is 1. The summed E-state index contributed by atoms with van der Waals surface area (Å²) in [6.07, 6.45) is 0. The number of aliphatic carboxylic acids is 1. The molecule has 0 aromatic rings. The SMILES string of the molecule is COCC(C)C(=O)NC(C)(C)C(=O)O. The Hall–Kier alpha value is -1.10. The molecule has 1 unspecified atom stereocenters. The Morgan fingerprint density at radius 3 is 2.36 bits per heavy atom. The van der Waals surface area contributed by atoms with Crippen molar-refractivity contribution in [1.29, 1.82) is 0 Å². The number of nitrogens with one attached hydrogen (secondary N) is 1. The molecule has 0 rings (SSSR count). The molecular weight excluding hydrogens is 186 g/mol. The molecule has 1 amide bonds. The summed E-state index contributed by atoms with van der Waals surface area (Å²) in [5, 5.41) is 11.2. The molecule has 0 saturated heterocycles. The van der Waals surface area contributed by atoms with E-state index in [-0.39, 0.29) is 18.4 Å². The molecule has 14 heavy (non-hydrogen) atoms. The minimum absolute atomic E-state index is 0.279. The molecule has 0 saturated carbocycles. The van der Waals surface area contributed by atoms with Crippen molar-refractivity contribution in [2.45, 2.75) is 26.3 Å². The fraction of sp³-hybridized carbons (Fsp3) is 0.778. The first-order chi connectivity index (χ1) is 6.31. The van der Waals surface area contributed by atoms with Gasteiger partial charge in [0.05, 0.1) is 12.5 Å². The molecule has 2 N–H and O–H groups in total. The van der Waals surface area contributed by atoms with Crippen LogP contribution in [0.4, 0.5) is 0 Å². The maximum Gasteiger partial charge on any atom is 0.328 e. The van der Waals surface area contributed by atoms with Crippen LogP contribution in [0.5, 0.6) is 0 Å². The van der Waals surface area contributed by atoms with Gasteiger partial charge in [-0.1, -0.05) is 6.92 Å². The summed E-state index contributed by atoms with van der Waals surface area (Å²) in [5.74, 6) is -1.73. The van der Waals surface area contributed by atoms with Crippen LogP contribution in [0.15, 0.2) is 0 Å². The Labute approximate surface area is 83.4 Å². The number of carboxylic acid groups (broad SMARTS) is 1. The van der Waals surface area contributed by atoms with Gasteiger partial charge in [0.15, 0.2) is 0 Å². The van der Waals surface area contributed by atoms with Crippen molar-refractivity contribution in [3.05, 3.63) is 0 Å². The van der Waals surface area contributed by atoms with E-state index < -0.39 is 11.5 Å². The van der Waals surface area contributed by atoms with Gasteiger partial charge in [0.25, 0.3) is 0 Å². The first kappa shape index (κ1) is 12.9. The summed E-state index contributed by atoms with van der Waals surface area (Å²) >= 11 is 0. The molecule has 0 heterocycles. The maximum atomic E-state index is 11.4. The summed E-state index contributed by atoms with van der Waals surface area (Å²) < 4.78 is 4.79. The maximum absolute atomic E-state index is 11.4. The van der Waals surface area contributed by atoms with Crippen LogP contribution in [-0.2, 0) is 14.3 Å². The summed E-state index contributed by atoms with van der Waals surface area (Å²) in [5.41, 5.74) is -1.24. The third-order valence-electron chi connectivity index (χ3n) is 1.83. The van der Waals surface area contributed by atoms with Crippen LogP contribution in [-0.4, -0.2) is 36.2 Å². The van der Waals surface area contributed by atoms with E-state index in [1.165, 1.54) is 21.0 Å². The Balaban J connectivity index is 4.24. The summed E-state index contributed by atoms with van der Waals surface area (Å²) in [4.78, 5) is 22.1. The highest BCUT2D eigenvalue weighted by atomic mass is 16.5. The van der Waals surface area contributed by atoms with Crippen LogP contribution in [0, 0.1) is 5.92 Å². The van der Waals surface area contributed by atoms with Gasteiger partial charge in [0.1, 0.15) is 5.54 Å². The van der Waals surface area contributed by atoms with Crippen LogP contribution in [0.2, 0.25) is 0 Å². The van der Waals surface area contributed by atoms with Gasteiger partial charge in [-0.2, -0.15) is 0 Å². The van der Waals surface area contributed by atoms with Crippen molar-refractivity contribution in [1.82, 2.24) is 5.32 Å². The molecule has 0 spiro atoms. The predicted octanol–water partition coefficient (Wildman–Crippen LogP) is 0.248. The van der Waals surface area contributed by atoms with Crippen molar-refractivity contribution in [3.8, 4) is 0 Å². The number of amides is 1. The van der Waals surface area contributed by atoms with Crippen molar-refractivity contribution in [2.24, 2.45) is 5.92 Å². The van der Waals surface area contributed by atoms with Crippen molar-refractivity contribution in [2.75, 3.05) is 13.7 Å². The van der Waals surface area contributed by atoms with Crippen LogP contribution in [0.1, 0.15) is 20.8 Å². The van der Waals surface area contributed by atoms with Gasteiger partial charge in [-0.15, -0.1) is 0 Å². The molecule has 0 aliphatic carbocycles. The lowest BCUT2D eigenvalue weighted by Crippen LogP contribution is -2.51. The van der Waals surface area contributed by atoms with E-state index in [0.717, 1.165) is 0 Å². The minimum Gasteiger partial charge on any atom is -0.480 e. The van der Waals surface area contributed by atoms with Crippen LogP contribution in [0.25, 0.3) is 0 Å². The number of carboxylic acids is 1. The van der Waals surface area contributed by atoms with Gasteiger partial charge in [-0.3, -0.25) is 4.79 Å². The highest BCUT2D eigenvalue weighted by Gasteiger charge is 2.30. The number of carbonyl (C=O) groups is 2. The normalized spacial score (nSPS) is 13.4. The average molecular weight is 203 g/mol. The average Bonchev–Trinajstić information content (AvgIpc) is 2.03. The number of rotatable bonds is 5. The molecule has 0 fully saturated rings. The molecule has 1 atom stereocenters. The Morgan fingerprint density at radius 1 is 1.50 bits per heavy atom. The van der Waals surface area contributed by atoms with Gasteiger partial charge in [0, 0.05) is 7.11 Å². The molecule has 0 aliphatic rings. The number of methoxy groups -OCH3 is 1. The van der Waals surface area contributed by atoms with Crippen molar-refractivity contribution in [3.63, 3.8) is 0 Å². The molecule has 0 aromatic heterocycles. The standard InChI is InChI=1S/C9H17NO4/c1-6(5-14-4)7(11)10-9(2,3)8(12)13/h6H,5H2,1-4H3,(H,10,11)(H,12,13). The van der Waals surface area contributed by atoms with E-state index in [9.17, 15) is 9.59 Å². The van der Waals surface area contributed by atoms with Gasteiger partial charge < -0.3 is 15.2 Å².